The van der Waals surface area contributed by atoms with Gasteiger partial charge in [-0.3, -0.25) is 0 Å². The first-order valence-electron chi connectivity index (χ1n) is 7.90. The number of aromatic nitrogens is 3. The van der Waals surface area contributed by atoms with Crippen LogP contribution in [0.5, 0.6) is 0 Å². The second-order valence-electron chi connectivity index (χ2n) is 5.60. The van der Waals surface area contributed by atoms with E-state index in [2.05, 4.69) is 27.3 Å². The maximum atomic E-state index is 5.99. The van der Waals surface area contributed by atoms with Gasteiger partial charge in [0.05, 0.1) is 16.0 Å². The molecule has 0 unspecified atom stereocenters. The Balaban J connectivity index is 1.33. The lowest BCUT2D eigenvalue weighted by Gasteiger charge is -1.99. The summed E-state index contributed by atoms with van der Waals surface area (Å²) in [7, 11) is 0. The van der Waals surface area contributed by atoms with Gasteiger partial charge in [0.1, 0.15) is 0 Å². The fourth-order valence-electron chi connectivity index (χ4n) is 2.45. The third-order valence-electron chi connectivity index (χ3n) is 3.61. The second kappa shape index (κ2) is 8.18. The highest BCUT2D eigenvalue weighted by Gasteiger charge is 2.04. The summed E-state index contributed by atoms with van der Waals surface area (Å²) in [5.74, 6) is 1.10. The van der Waals surface area contributed by atoms with Crippen LogP contribution in [-0.4, -0.2) is 20.7 Å². The minimum absolute atomic E-state index is 0.744. The van der Waals surface area contributed by atoms with Crippen LogP contribution >= 0.6 is 34.7 Å². The van der Waals surface area contributed by atoms with Crippen molar-refractivity contribution in [3.05, 3.63) is 39.3 Å². The van der Waals surface area contributed by atoms with Crippen molar-refractivity contribution in [3.8, 4) is 0 Å². The molecular weight excluding hydrogens is 346 g/mol. The first-order valence-corrected chi connectivity index (χ1v) is 10.1. The molecule has 0 aliphatic rings. The van der Waals surface area contributed by atoms with Gasteiger partial charge in [-0.05, 0) is 44.4 Å². The van der Waals surface area contributed by atoms with Crippen LogP contribution in [0.2, 0.25) is 5.02 Å². The van der Waals surface area contributed by atoms with Crippen LogP contribution in [0.25, 0.3) is 11.0 Å². The van der Waals surface area contributed by atoms with Gasteiger partial charge in [-0.15, -0.1) is 11.3 Å². The van der Waals surface area contributed by atoms with Gasteiger partial charge in [0.15, 0.2) is 5.16 Å². The number of nitrogens with zero attached hydrogens (tertiary/aromatic N) is 2. The largest absolute Gasteiger partial charge is 0.333 e. The van der Waals surface area contributed by atoms with E-state index in [1.165, 1.54) is 30.7 Å². The highest BCUT2D eigenvalue weighted by molar-refractivity contribution is 7.99. The summed E-state index contributed by atoms with van der Waals surface area (Å²) < 4.78 is 0. The normalized spacial score (nSPS) is 11.4. The van der Waals surface area contributed by atoms with Crippen molar-refractivity contribution in [2.24, 2.45) is 0 Å². The van der Waals surface area contributed by atoms with Gasteiger partial charge in [0.25, 0.3) is 0 Å². The van der Waals surface area contributed by atoms with Crippen molar-refractivity contribution in [2.75, 3.05) is 5.75 Å². The average molecular weight is 366 g/mol. The van der Waals surface area contributed by atoms with Crippen molar-refractivity contribution < 1.29 is 0 Å². The number of thioether (sulfide) groups is 1. The number of imidazole rings is 1. The standard InChI is InChI=1S/C17H20ClN3S2/c1-12-11-23-16(19-12)6-4-2-3-5-9-22-17-20-14-8-7-13(18)10-15(14)21-17/h7-8,10-11H,2-6,9H2,1H3,(H,20,21). The van der Waals surface area contributed by atoms with Crippen molar-refractivity contribution in [1.29, 1.82) is 0 Å². The zero-order valence-corrected chi connectivity index (χ0v) is 15.5. The molecule has 1 aromatic carbocycles. The highest BCUT2D eigenvalue weighted by atomic mass is 35.5. The molecule has 122 valence electrons. The van der Waals surface area contributed by atoms with Crippen LogP contribution in [0.4, 0.5) is 0 Å². The van der Waals surface area contributed by atoms with Crippen LogP contribution in [0.15, 0.2) is 28.7 Å². The second-order valence-corrected chi connectivity index (χ2v) is 8.06. The minimum Gasteiger partial charge on any atom is -0.333 e. The smallest absolute Gasteiger partial charge is 0.166 e. The van der Waals surface area contributed by atoms with E-state index in [1.807, 2.05) is 18.2 Å². The number of fused-ring (bicyclic) bond motifs is 1. The Kier molecular flexibility index (Phi) is 5.97. The molecule has 0 saturated carbocycles. The van der Waals surface area contributed by atoms with Crippen LogP contribution < -0.4 is 0 Å². The molecule has 3 aromatic rings. The number of nitrogens with one attached hydrogen (secondary N) is 1. The summed E-state index contributed by atoms with van der Waals surface area (Å²) in [6.07, 6.45) is 6.12. The maximum absolute atomic E-state index is 5.99. The molecule has 3 rings (SSSR count). The molecule has 1 N–H and O–H groups in total. The number of hydrogen-bond acceptors (Lipinski definition) is 4. The van der Waals surface area contributed by atoms with Gasteiger partial charge in [-0.25, -0.2) is 9.97 Å². The number of aromatic amines is 1. The Labute approximate surface area is 149 Å². The molecule has 0 bridgehead atoms. The summed E-state index contributed by atoms with van der Waals surface area (Å²) in [6.45, 7) is 2.06. The van der Waals surface area contributed by atoms with Crippen LogP contribution in [0, 0.1) is 6.92 Å². The fourth-order valence-corrected chi connectivity index (χ4v) is 4.32. The third-order valence-corrected chi connectivity index (χ3v) is 5.83. The fraction of sp³-hybridized carbons (Fsp3) is 0.412. The number of unbranched alkanes of at least 4 members (excludes halogenated alkanes) is 3. The molecule has 0 amide bonds. The molecule has 0 aliphatic carbocycles. The molecular formula is C17H20ClN3S2. The number of rotatable bonds is 8. The predicted molar refractivity (Wildman–Crippen MR) is 101 cm³/mol. The molecule has 0 spiro atoms. The number of H-pyrrole nitrogens is 1. The number of halogens is 1. The first-order chi connectivity index (χ1) is 11.2. The lowest BCUT2D eigenvalue weighted by atomic mass is 10.2. The Bertz CT molecular complexity index is 766. The first kappa shape index (κ1) is 16.8. The molecule has 6 heteroatoms. The molecule has 0 saturated heterocycles. The number of benzene rings is 1. The maximum Gasteiger partial charge on any atom is 0.166 e. The number of thiazole rings is 1. The van der Waals surface area contributed by atoms with Crippen LogP contribution in [0.3, 0.4) is 0 Å². The topological polar surface area (TPSA) is 41.6 Å². The van der Waals surface area contributed by atoms with E-state index >= 15 is 0 Å². The number of aryl methyl sites for hydroxylation is 2. The highest BCUT2D eigenvalue weighted by Crippen LogP contribution is 2.23. The average Bonchev–Trinajstić information content (AvgIpc) is 3.11. The molecule has 23 heavy (non-hydrogen) atoms. The van der Waals surface area contributed by atoms with E-state index in [1.54, 1.807) is 23.1 Å². The SMILES string of the molecule is Cc1csc(CCCCCCSc2nc3ccc(Cl)cc3[nH]2)n1. The van der Waals surface area contributed by atoms with Gasteiger partial charge in [-0.2, -0.15) is 0 Å². The van der Waals surface area contributed by atoms with E-state index in [9.17, 15) is 0 Å². The van der Waals surface area contributed by atoms with Gasteiger partial charge >= 0.3 is 0 Å². The molecule has 0 fully saturated rings. The van der Waals surface area contributed by atoms with E-state index in [0.29, 0.717) is 0 Å². The lowest BCUT2D eigenvalue weighted by Crippen LogP contribution is -1.87. The molecule has 2 heterocycles. The summed E-state index contributed by atoms with van der Waals surface area (Å²) in [6, 6.07) is 5.76. The van der Waals surface area contributed by atoms with E-state index in [-0.39, 0.29) is 0 Å². The molecule has 2 aromatic heterocycles. The Morgan fingerprint density at radius 3 is 2.87 bits per heavy atom. The number of hydrogen-bond donors (Lipinski definition) is 1. The van der Waals surface area contributed by atoms with Crippen molar-refractivity contribution >= 4 is 45.7 Å². The lowest BCUT2D eigenvalue weighted by molar-refractivity contribution is 0.668. The zero-order valence-electron chi connectivity index (χ0n) is 13.1. The molecule has 0 aliphatic heterocycles. The summed E-state index contributed by atoms with van der Waals surface area (Å²) in [5, 5.41) is 5.14. The molecule has 0 atom stereocenters. The Hall–Kier alpha value is -1.04. The van der Waals surface area contributed by atoms with Crippen LogP contribution in [0.1, 0.15) is 36.4 Å². The van der Waals surface area contributed by atoms with E-state index < -0.39 is 0 Å². The summed E-state index contributed by atoms with van der Waals surface area (Å²) in [4.78, 5) is 12.4. The quantitative estimate of drug-likeness (QED) is 0.400. The van der Waals surface area contributed by atoms with Gasteiger partial charge in [-0.1, -0.05) is 36.2 Å². The van der Waals surface area contributed by atoms with Crippen LogP contribution in [-0.2, 0) is 6.42 Å². The van der Waals surface area contributed by atoms with Crippen molar-refractivity contribution in [3.63, 3.8) is 0 Å². The zero-order chi connectivity index (χ0) is 16.1. The summed E-state index contributed by atoms with van der Waals surface area (Å²) >= 11 is 9.56. The van der Waals surface area contributed by atoms with Gasteiger partial charge in [0.2, 0.25) is 0 Å². The van der Waals surface area contributed by atoms with E-state index in [4.69, 9.17) is 11.6 Å². The predicted octanol–water partition coefficient (Wildman–Crippen LogP) is 5.88. The van der Waals surface area contributed by atoms with E-state index in [0.717, 1.165) is 39.1 Å². The Morgan fingerprint density at radius 1 is 1.17 bits per heavy atom. The van der Waals surface area contributed by atoms with Gasteiger partial charge in [0, 0.05) is 21.8 Å². The molecule has 3 nitrogen and oxygen atoms in total. The van der Waals surface area contributed by atoms with Crippen molar-refractivity contribution in [2.45, 2.75) is 44.2 Å². The molecule has 0 radical (unpaired) electrons. The van der Waals surface area contributed by atoms with Gasteiger partial charge < -0.3 is 4.98 Å². The Morgan fingerprint density at radius 2 is 2.04 bits per heavy atom. The monoisotopic (exact) mass is 365 g/mol. The van der Waals surface area contributed by atoms with Crippen molar-refractivity contribution in [1.82, 2.24) is 15.0 Å². The minimum atomic E-state index is 0.744. The third kappa shape index (κ3) is 4.96. The summed E-state index contributed by atoms with van der Waals surface area (Å²) in [5.41, 5.74) is 3.14.